The van der Waals surface area contributed by atoms with Crippen molar-refractivity contribution in [1.82, 2.24) is 15.0 Å². The third kappa shape index (κ3) is 4.18. The Morgan fingerprint density at radius 3 is 2.94 bits per heavy atom. The molecular formula is C24H25N5O2. The van der Waals surface area contributed by atoms with E-state index in [4.69, 9.17) is 5.73 Å². The Balaban J connectivity index is 1.62. The average molecular weight is 415 g/mol. The minimum absolute atomic E-state index is 0.0309. The average Bonchev–Trinajstić information content (AvgIpc) is 3.56. The lowest BCUT2D eigenvalue weighted by Gasteiger charge is -2.11. The van der Waals surface area contributed by atoms with E-state index >= 15 is 0 Å². The first-order valence-electron chi connectivity index (χ1n) is 10.3. The number of carbonyl (C=O) groups excluding carboxylic acids is 1. The van der Waals surface area contributed by atoms with Gasteiger partial charge in [-0.05, 0) is 60.4 Å². The highest BCUT2D eigenvalue weighted by atomic mass is 16.3. The Morgan fingerprint density at radius 2 is 2.19 bits per heavy atom. The van der Waals surface area contributed by atoms with E-state index in [9.17, 15) is 9.90 Å². The summed E-state index contributed by atoms with van der Waals surface area (Å²) < 4.78 is 0. The molecule has 0 bridgehead atoms. The highest BCUT2D eigenvalue weighted by Crippen LogP contribution is 2.45. The highest BCUT2D eigenvalue weighted by Gasteiger charge is 2.44. The number of anilines is 2. The van der Waals surface area contributed by atoms with Crippen molar-refractivity contribution < 1.29 is 9.90 Å². The van der Waals surface area contributed by atoms with Crippen LogP contribution in [-0.2, 0) is 11.2 Å². The summed E-state index contributed by atoms with van der Waals surface area (Å²) >= 11 is 0. The van der Waals surface area contributed by atoms with Crippen LogP contribution >= 0.6 is 0 Å². The minimum Gasteiger partial charge on any atom is -0.396 e. The molecule has 158 valence electrons. The summed E-state index contributed by atoms with van der Waals surface area (Å²) in [5.41, 5.74) is 9.71. The number of carbonyl (C=O) groups is 1. The van der Waals surface area contributed by atoms with E-state index in [2.05, 4.69) is 26.8 Å². The number of nitrogens with one attached hydrogen (secondary N) is 1. The van der Waals surface area contributed by atoms with E-state index in [0.717, 1.165) is 28.5 Å². The fourth-order valence-electron chi connectivity index (χ4n) is 3.93. The predicted octanol–water partition coefficient (Wildman–Crippen LogP) is 3.52. The van der Waals surface area contributed by atoms with Gasteiger partial charge in [0.25, 0.3) is 0 Å². The van der Waals surface area contributed by atoms with Gasteiger partial charge in [-0.1, -0.05) is 18.7 Å². The first-order chi connectivity index (χ1) is 15.0. The van der Waals surface area contributed by atoms with Crippen molar-refractivity contribution in [3.8, 4) is 11.3 Å². The second-order valence-corrected chi connectivity index (χ2v) is 7.62. The molecule has 0 aromatic carbocycles. The normalized spacial score (nSPS) is 18.1. The van der Waals surface area contributed by atoms with Crippen molar-refractivity contribution in [2.75, 3.05) is 17.7 Å². The van der Waals surface area contributed by atoms with Crippen LogP contribution in [0.2, 0.25) is 0 Å². The number of hydrogen-bond acceptors (Lipinski definition) is 6. The molecule has 4 N–H and O–H groups in total. The summed E-state index contributed by atoms with van der Waals surface area (Å²) in [4.78, 5) is 25.7. The van der Waals surface area contributed by atoms with Gasteiger partial charge in [-0.25, -0.2) is 9.97 Å². The first kappa shape index (κ1) is 20.7. The summed E-state index contributed by atoms with van der Waals surface area (Å²) in [6.45, 7) is 5.80. The molecule has 4 rings (SSSR count). The number of nitrogens with two attached hydrogens (primary N) is 1. The Bertz CT molecular complexity index is 1190. The van der Waals surface area contributed by atoms with Crippen LogP contribution in [0.5, 0.6) is 0 Å². The van der Waals surface area contributed by atoms with E-state index in [0.29, 0.717) is 29.1 Å². The van der Waals surface area contributed by atoms with Crippen molar-refractivity contribution >= 4 is 28.3 Å². The molecule has 0 unspecified atom stereocenters. The highest BCUT2D eigenvalue weighted by molar-refractivity contribution is 5.98. The Kier molecular flexibility index (Phi) is 5.77. The molecule has 0 radical (unpaired) electrons. The van der Waals surface area contributed by atoms with Gasteiger partial charge in [0, 0.05) is 42.1 Å². The largest absolute Gasteiger partial charge is 0.396 e. The van der Waals surface area contributed by atoms with Crippen molar-refractivity contribution in [2.45, 2.75) is 19.8 Å². The topological polar surface area (TPSA) is 114 Å². The molecule has 1 aliphatic rings. The van der Waals surface area contributed by atoms with E-state index in [1.54, 1.807) is 24.7 Å². The monoisotopic (exact) mass is 415 g/mol. The zero-order chi connectivity index (χ0) is 22.0. The van der Waals surface area contributed by atoms with Gasteiger partial charge in [0.2, 0.25) is 5.91 Å². The predicted molar refractivity (Wildman–Crippen MR) is 122 cm³/mol. The molecule has 1 amide bonds. The molecule has 3 aromatic heterocycles. The second kappa shape index (κ2) is 8.65. The molecule has 0 saturated heterocycles. The Labute approximate surface area is 180 Å². The SMILES string of the molecule is C=C/C(=C\C)[C@@H]1C[C@H]1C(=O)Nc1cc2cc(-c3cnccc3CCO)nc(N)c2cn1. The smallest absolute Gasteiger partial charge is 0.229 e. The van der Waals surface area contributed by atoms with Crippen LogP contribution in [0, 0.1) is 11.8 Å². The molecular weight excluding hydrogens is 390 g/mol. The van der Waals surface area contributed by atoms with Gasteiger partial charge < -0.3 is 16.2 Å². The molecule has 0 spiro atoms. The maximum atomic E-state index is 12.6. The van der Waals surface area contributed by atoms with Gasteiger partial charge in [0.1, 0.15) is 11.6 Å². The summed E-state index contributed by atoms with van der Waals surface area (Å²) in [7, 11) is 0. The van der Waals surface area contributed by atoms with E-state index in [-0.39, 0.29) is 24.3 Å². The fourth-order valence-corrected chi connectivity index (χ4v) is 3.93. The van der Waals surface area contributed by atoms with Gasteiger partial charge in [-0.15, -0.1) is 0 Å². The molecule has 1 aliphatic carbocycles. The second-order valence-electron chi connectivity index (χ2n) is 7.62. The number of aliphatic hydroxyl groups is 1. The van der Waals surface area contributed by atoms with Gasteiger partial charge in [0.15, 0.2) is 0 Å². The maximum absolute atomic E-state index is 12.6. The van der Waals surface area contributed by atoms with E-state index < -0.39 is 0 Å². The summed E-state index contributed by atoms with van der Waals surface area (Å²) in [5.74, 6) is 0.948. The number of allylic oxidation sites excluding steroid dienone is 3. The van der Waals surface area contributed by atoms with Gasteiger partial charge in [0.05, 0.1) is 5.69 Å². The number of hydrogen-bond donors (Lipinski definition) is 3. The number of fused-ring (bicyclic) bond motifs is 1. The standard InChI is InChI=1S/C24H25N5O2/c1-3-14(4-2)17-11-18(17)24(31)29-22-10-16-9-21(28-23(25)20(16)13-27-22)19-12-26-7-5-15(19)6-8-30/h3-5,7,9-10,12-13,17-18,30H,1,6,8,11H2,2H3,(H2,25,28)(H,27,29,31)/b14-4+/t17-,18+/m0/s1. The first-order valence-corrected chi connectivity index (χ1v) is 10.3. The third-order valence-corrected chi connectivity index (χ3v) is 5.69. The van der Waals surface area contributed by atoms with Crippen LogP contribution in [-0.4, -0.2) is 32.6 Å². The van der Waals surface area contributed by atoms with Crippen molar-refractivity contribution in [3.05, 3.63) is 66.7 Å². The summed E-state index contributed by atoms with van der Waals surface area (Å²) in [5, 5.41) is 13.8. The van der Waals surface area contributed by atoms with Crippen LogP contribution < -0.4 is 11.1 Å². The van der Waals surface area contributed by atoms with Crippen molar-refractivity contribution in [2.24, 2.45) is 11.8 Å². The fraction of sp³-hybridized carbons (Fsp3) is 0.250. The van der Waals surface area contributed by atoms with Crippen LogP contribution in [0.25, 0.3) is 22.0 Å². The van der Waals surface area contributed by atoms with Crippen LogP contribution in [0.1, 0.15) is 18.9 Å². The van der Waals surface area contributed by atoms with Gasteiger partial charge in [-0.3, -0.25) is 9.78 Å². The van der Waals surface area contributed by atoms with Gasteiger partial charge >= 0.3 is 0 Å². The Morgan fingerprint density at radius 1 is 1.35 bits per heavy atom. The van der Waals surface area contributed by atoms with Crippen LogP contribution in [0.15, 0.2) is 61.1 Å². The molecule has 31 heavy (non-hydrogen) atoms. The minimum atomic E-state index is -0.0591. The number of nitrogen functional groups attached to an aromatic ring is 1. The van der Waals surface area contributed by atoms with Crippen molar-refractivity contribution in [1.29, 1.82) is 0 Å². The molecule has 1 saturated carbocycles. The van der Waals surface area contributed by atoms with E-state index in [1.165, 1.54) is 0 Å². The maximum Gasteiger partial charge on any atom is 0.229 e. The molecule has 1 fully saturated rings. The molecule has 0 aliphatic heterocycles. The quantitative estimate of drug-likeness (QED) is 0.509. The lowest BCUT2D eigenvalue weighted by atomic mass is 10.0. The van der Waals surface area contributed by atoms with Crippen LogP contribution in [0.4, 0.5) is 11.6 Å². The number of aliphatic hydroxyl groups excluding tert-OH is 1. The number of rotatable bonds is 7. The van der Waals surface area contributed by atoms with Crippen LogP contribution in [0.3, 0.4) is 0 Å². The Hall–Kier alpha value is -3.58. The number of amides is 1. The third-order valence-electron chi connectivity index (χ3n) is 5.69. The lowest BCUT2D eigenvalue weighted by molar-refractivity contribution is -0.117. The molecule has 7 heteroatoms. The van der Waals surface area contributed by atoms with Crippen molar-refractivity contribution in [3.63, 3.8) is 0 Å². The zero-order valence-electron chi connectivity index (χ0n) is 17.4. The van der Waals surface area contributed by atoms with E-state index in [1.807, 2.05) is 31.2 Å². The number of pyridine rings is 3. The molecule has 3 aromatic rings. The molecule has 2 atom stereocenters. The molecule has 7 nitrogen and oxygen atoms in total. The summed E-state index contributed by atoms with van der Waals surface area (Å²) in [6, 6.07) is 5.56. The summed E-state index contributed by atoms with van der Waals surface area (Å²) in [6.07, 6.45) is 10.2. The number of nitrogens with zero attached hydrogens (tertiary/aromatic N) is 3. The zero-order valence-corrected chi connectivity index (χ0v) is 17.4. The van der Waals surface area contributed by atoms with Gasteiger partial charge in [-0.2, -0.15) is 0 Å². The molecule has 3 heterocycles. The number of aromatic nitrogens is 3. The lowest BCUT2D eigenvalue weighted by Crippen LogP contribution is -2.16.